The fraction of sp³-hybridized carbons (Fsp3) is 0.750. The van der Waals surface area contributed by atoms with Crippen molar-refractivity contribution in [3.05, 3.63) is 0 Å². The highest BCUT2D eigenvalue weighted by Crippen LogP contribution is 2.36. The summed E-state index contributed by atoms with van der Waals surface area (Å²) in [5.41, 5.74) is -0.415. The molecule has 9 nitrogen and oxygen atoms in total. The van der Waals surface area contributed by atoms with Gasteiger partial charge in [0.2, 0.25) is 0 Å². The number of amidine groups is 1. The lowest BCUT2D eigenvalue weighted by Crippen LogP contribution is -2.62. The molecule has 1 N–H and O–H groups in total. The normalized spacial score (nSPS) is 31.7. The molecule has 0 aromatic rings. The van der Waals surface area contributed by atoms with Gasteiger partial charge < -0.3 is 24.3 Å². The molecule has 0 saturated carbocycles. The molecule has 10 heteroatoms. The molecule has 0 aromatic carbocycles. The smallest absolute Gasteiger partial charge is 0.303 e. The van der Waals surface area contributed by atoms with Gasteiger partial charge in [-0.2, -0.15) is 0 Å². The Hall–Kier alpha value is -1.81. The van der Waals surface area contributed by atoms with Crippen LogP contribution in [0.2, 0.25) is 0 Å². The Bertz CT molecular complexity index is 583. The molecule has 2 fully saturated rings. The molecule has 2 aliphatic heterocycles. The number of nitrogens with one attached hydrogen (secondary N) is 1. The highest BCUT2D eigenvalue weighted by Gasteiger charge is 2.53. The minimum atomic E-state index is -0.907. The number of hydrogen-bond acceptors (Lipinski definition) is 9. The Morgan fingerprint density at radius 2 is 1.77 bits per heavy atom. The molecule has 0 amide bonds. The van der Waals surface area contributed by atoms with E-state index in [0.29, 0.717) is 11.7 Å². The quantitative estimate of drug-likeness (QED) is 0.516. The van der Waals surface area contributed by atoms with E-state index in [2.05, 4.69) is 10.3 Å². The molecule has 146 valence electrons. The van der Waals surface area contributed by atoms with Crippen molar-refractivity contribution in [2.75, 3.05) is 13.2 Å². The summed E-state index contributed by atoms with van der Waals surface area (Å²) in [6, 6.07) is -0.433. The van der Waals surface area contributed by atoms with Crippen LogP contribution in [-0.4, -0.2) is 66.0 Å². The maximum atomic E-state index is 11.6. The van der Waals surface area contributed by atoms with Crippen molar-refractivity contribution in [3.63, 3.8) is 0 Å². The molecule has 5 atom stereocenters. The maximum absolute atomic E-state index is 11.6. The minimum Gasteiger partial charge on any atom is -0.463 e. The first kappa shape index (κ1) is 20.5. The highest BCUT2D eigenvalue weighted by molar-refractivity contribution is 8.14. The van der Waals surface area contributed by atoms with E-state index in [1.165, 1.54) is 32.5 Å². The van der Waals surface area contributed by atoms with Crippen LogP contribution in [0.1, 0.15) is 34.1 Å². The summed E-state index contributed by atoms with van der Waals surface area (Å²) in [7, 11) is 0. The number of aliphatic imine (C=N–C) groups is 1. The Morgan fingerprint density at radius 3 is 2.35 bits per heavy atom. The molecule has 0 bridgehead atoms. The standard InChI is InChI=1S/C16H24N2O7S/c1-5-6-17-16-18-12-14(24-10(4)21)13(23-9(3)20)11(7-22-8(2)19)25-15(12)26-16/h11-15H,5-7H2,1-4H3,(H,17,18)/t11-,12?,13-,14-,15?/m1/s1. The topological polar surface area (TPSA) is 113 Å². The molecule has 2 aliphatic rings. The van der Waals surface area contributed by atoms with Crippen molar-refractivity contribution in [1.29, 1.82) is 0 Å². The van der Waals surface area contributed by atoms with Crippen molar-refractivity contribution in [2.45, 2.75) is 63.9 Å². The minimum absolute atomic E-state index is 0.115. The third-order valence-electron chi connectivity index (χ3n) is 3.70. The fourth-order valence-electron chi connectivity index (χ4n) is 2.74. The van der Waals surface area contributed by atoms with Gasteiger partial charge in [-0.05, 0) is 6.42 Å². The number of thioether (sulfide) groups is 1. The second-order valence-electron chi connectivity index (χ2n) is 5.97. The number of ether oxygens (including phenoxy) is 4. The summed E-state index contributed by atoms with van der Waals surface area (Å²) in [5, 5.41) is 3.86. The van der Waals surface area contributed by atoms with Crippen LogP contribution in [0.4, 0.5) is 0 Å². The predicted molar refractivity (Wildman–Crippen MR) is 93.5 cm³/mol. The van der Waals surface area contributed by atoms with Crippen LogP contribution in [0.15, 0.2) is 4.99 Å². The second kappa shape index (κ2) is 9.22. The van der Waals surface area contributed by atoms with Gasteiger partial charge in [-0.15, -0.1) is 0 Å². The number of carbonyl (C=O) groups is 3. The van der Waals surface area contributed by atoms with Gasteiger partial charge in [0.1, 0.15) is 24.2 Å². The van der Waals surface area contributed by atoms with Crippen LogP contribution < -0.4 is 5.32 Å². The van der Waals surface area contributed by atoms with E-state index >= 15 is 0 Å². The molecule has 0 radical (unpaired) electrons. The van der Waals surface area contributed by atoms with Crippen LogP contribution in [0.5, 0.6) is 0 Å². The Labute approximate surface area is 156 Å². The number of hydrogen-bond donors (Lipinski definition) is 1. The van der Waals surface area contributed by atoms with Gasteiger partial charge in [0.15, 0.2) is 17.4 Å². The Kier molecular flexibility index (Phi) is 7.27. The van der Waals surface area contributed by atoms with Gasteiger partial charge in [-0.3, -0.25) is 19.4 Å². The first-order valence-electron chi connectivity index (χ1n) is 8.42. The zero-order chi connectivity index (χ0) is 19.3. The van der Waals surface area contributed by atoms with Crippen LogP contribution in [-0.2, 0) is 33.3 Å². The number of rotatable bonds is 6. The first-order chi connectivity index (χ1) is 12.3. The van der Waals surface area contributed by atoms with E-state index in [0.717, 1.165) is 6.42 Å². The number of nitrogens with zero attached hydrogens (tertiary/aromatic N) is 1. The summed E-state index contributed by atoms with van der Waals surface area (Å²) < 4.78 is 21.8. The van der Waals surface area contributed by atoms with Gasteiger partial charge in [-0.25, -0.2) is 0 Å². The van der Waals surface area contributed by atoms with E-state index in [9.17, 15) is 14.4 Å². The lowest BCUT2D eigenvalue weighted by molar-refractivity contribution is -0.209. The van der Waals surface area contributed by atoms with E-state index in [-0.39, 0.29) is 6.61 Å². The van der Waals surface area contributed by atoms with Gasteiger partial charge in [0.05, 0.1) is 0 Å². The van der Waals surface area contributed by atoms with E-state index < -0.39 is 47.7 Å². The summed E-state index contributed by atoms with van der Waals surface area (Å²) in [4.78, 5) is 38.7. The van der Waals surface area contributed by atoms with Crippen LogP contribution in [0, 0.1) is 0 Å². The molecule has 2 rings (SSSR count). The highest BCUT2D eigenvalue weighted by atomic mass is 32.2. The number of carbonyl (C=O) groups excluding carboxylic acids is 3. The molecular weight excluding hydrogens is 364 g/mol. The summed E-state index contributed by atoms with van der Waals surface area (Å²) in [5.74, 6) is -1.54. The summed E-state index contributed by atoms with van der Waals surface area (Å²) in [6.45, 7) is 6.36. The van der Waals surface area contributed by atoms with Crippen molar-refractivity contribution in [2.24, 2.45) is 4.99 Å². The van der Waals surface area contributed by atoms with E-state index in [1.807, 2.05) is 6.92 Å². The third kappa shape index (κ3) is 5.34. The molecule has 2 saturated heterocycles. The van der Waals surface area contributed by atoms with Crippen LogP contribution in [0.25, 0.3) is 0 Å². The molecule has 0 aromatic heterocycles. The second-order valence-corrected chi connectivity index (χ2v) is 7.06. The zero-order valence-electron chi connectivity index (χ0n) is 15.2. The van der Waals surface area contributed by atoms with Crippen LogP contribution in [0.3, 0.4) is 0 Å². The lowest BCUT2D eigenvalue weighted by atomic mass is 9.97. The zero-order valence-corrected chi connectivity index (χ0v) is 16.0. The number of esters is 3. The largest absolute Gasteiger partial charge is 0.463 e. The molecule has 2 heterocycles. The lowest BCUT2D eigenvalue weighted by Gasteiger charge is -2.41. The Morgan fingerprint density at radius 1 is 1.12 bits per heavy atom. The maximum Gasteiger partial charge on any atom is 0.303 e. The third-order valence-corrected chi connectivity index (χ3v) is 4.81. The summed E-state index contributed by atoms with van der Waals surface area (Å²) >= 11 is 1.37. The Balaban J connectivity index is 2.26. The van der Waals surface area contributed by atoms with Gasteiger partial charge in [-0.1, -0.05) is 18.7 Å². The van der Waals surface area contributed by atoms with Crippen molar-refractivity contribution >= 4 is 34.8 Å². The molecule has 0 aliphatic carbocycles. The molecule has 2 unspecified atom stereocenters. The number of fused-ring (bicyclic) bond motifs is 1. The molecular formula is C16H24N2O7S. The van der Waals surface area contributed by atoms with Crippen molar-refractivity contribution in [3.8, 4) is 0 Å². The SMILES string of the molecule is CCCN=C1NC2C(O[C@H](COC(C)=O)[C@@H](OC(C)=O)[C@@H]2OC(C)=O)S1. The van der Waals surface area contributed by atoms with Crippen molar-refractivity contribution < 1.29 is 33.3 Å². The monoisotopic (exact) mass is 388 g/mol. The van der Waals surface area contributed by atoms with Gasteiger partial charge in [0, 0.05) is 27.3 Å². The predicted octanol–water partition coefficient (Wildman–Crippen LogP) is 0.609. The van der Waals surface area contributed by atoms with Crippen LogP contribution >= 0.6 is 11.8 Å². The summed E-state index contributed by atoms with van der Waals surface area (Å²) in [6.07, 6.45) is -1.57. The molecule has 26 heavy (non-hydrogen) atoms. The average Bonchev–Trinajstić information content (AvgIpc) is 2.95. The molecule has 0 spiro atoms. The van der Waals surface area contributed by atoms with Crippen molar-refractivity contribution in [1.82, 2.24) is 5.32 Å². The average molecular weight is 388 g/mol. The van der Waals surface area contributed by atoms with E-state index in [4.69, 9.17) is 18.9 Å². The fourth-order valence-corrected chi connectivity index (χ4v) is 3.90. The van der Waals surface area contributed by atoms with E-state index in [1.54, 1.807) is 0 Å². The van der Waals surface area contributed by atoms with Gasteiger partial charge >= 0.3 is 17.9 Å². The van der Waals surface area contributed by atoms with Gasteiger partial charge in [0.25, 0.3) is 0 Å². The first-order valence-corrected chi connectivity index (χ1v) is 9.30.